The van der Waals surface area contributed by atoms with Crippen LogP contribution in [0.15, 0.2) is 24.3 Å². The van der Waals surface area contributed by atoms with Crippen LogP contribution in [0.25, 0.3) is 0 Å². The van der Waals surface area contributed by atoms with E-state index in [1.807, 2.05) is 12.1 Å². The predicted molar refractivity (Wildman–Crippen MR) is 73.7 cm³/mol. The zero-order valence-corrected chi connectivity index (χ0v) is 11.7. The lowest BCUT2D eigenvalue weighted by molar-refractivity contribution is 0.0779. The second-order valence-corrected chi connectivity index (χ2v) is 7.66. The molecule has 1 saturated heterocycles. The predicted octanol–water partition coefficient (Wildman–Crippen LogP) is 1.42. The Kier molecular flexibility index (Phi) is 3.60. The van der Waals surface area contributed by atoms with E-state index in [9.17, 15) is 8.42 Å². The monoisotopic (exact) mass is 281 g/mol. The topological polar surface area (TPSA) is 55.4 Å². The summed E-state index contributed by atoms with van der Waals surface area (Å²) in [6, 6.07) is 8.77. The van der Waals surface area contributed by atoms with Gasteiger partial charge in [-0.2, -0.15) is 0 Å². The first kappa shape index (κ1) is 13.1. The SMILES string of the molecule is O=S1(=O)CCC(NC2COCc3ccccc32)CC1. The number of nitrogens with one attached hydrogen (secondary N) is 1. The van der Waals surface area contributed by atoms with E-state index in [0.717, 1.165) is 0 Å². The molecule has 0 saturated carbocycles. The van der Waals surface area contributed by atoms with E-state index < -0.39 is 9.84 Å². The van der Waals surface area contributed by atoms with Gasteiger partial charge in [-0.25, -0.2) is 8.42 Å². The molecule has 5 heteroatoms. The van der Waals surface area contributed by atoms with Crippen molar-refractivity contribution in [3.05, 3.63) is 35.4 Å². The van der Waals surface area contributed by atoms with Gasteiger partial charge < -0.3 is 10.1 Å². The molecule has 1 N–H and O–H groups in total. The molecule has 4 nitrogen and oxygen atoms in total. The molecule has 0 bridgehead atoms. The Hall–Kier alpha value is -0.910. The number of benzene rings is 1. The first-order chi connectivity index (χ1) is 9.14. The second kappa shape index (κ2) is 5.23. The van der Waals surface area contributed by atoms with Gasteiger partial charge in [-0.1, -0.05) is 24.3 Å². The van der Waals surface area contributed by atoms with Crippen LogP contribution in [0.3, 0.4) is 0 Å². The highest BCUT2D eigenvalue weighted by atomic mass is 32.2. The molecule has 3 rings (SSSR count). The Balaban J connectivity index is 1.68. The summed E-state index contributed by atoms with van der Waals surface area (Å²) in [4.78, 5) is 0. The number of hydrogen-bond donors (Lipinski definition) is 1. The Labute approximate surface area is 114 Å². The van der Waals surface area contributed by atoms with Crippen molar-refractivity contribution in [2.24, 2.45) is 0 Å². The molecule has 2 heterocycles. The van der Waals surface area contributed by atoms with Crippen LogP contribution in [0.1, 0.15) is 30.0 Å². The second-order valence-electron chi connectivity index (χ2n) is 5.36. The minimum absolute atomic E-state index is 0.191. The molecule has 1 aromatic carbocycles. The largest absolute Gasteiger partial charge is 0.375 e. The van der Waals surface area contributed by atoms with Crippen molar-refractivity contribution in [1.29, 1.82) is 0 Å². The average molecular weight is 281 g/mol. The van der Waals surface area contributed by atoms with E-state index in [2.05, 4.69) is 17.4 Å². The molecule has 0 aromatic heterocycles. The summed E-state index contributed by atoms with van der Waals surface area (Å²) in [5, 5.41) is 3.56. The molecule has 0 spiro atoms. The van der Waals surface area contributed by atoms with Gasteiger partial charge in [-0.3, -0.25) is 0 Å². The van der Waals surface area contributed by atoms with Gasteiger partial charge in [-0.05, 0) is 24.0 Å². The molecule has 0 amide bonds. The molecule has 104 valence electrons. The van der Waals surface area contributed by atoms with E-state index >= 15 is 0 Å². The molecule has 0 radical (unpaired) electrons. The highest BCUT2D eigenvalue weighted by Crippen LogP contribution is 2.26. The zero-order chi connectivity index (χ0) is 13.3. The van der Waals surface area contributed by atoms with Crippen LogP contribution in [-0.2, 0) is 21.2 Å². The van der Waals surface area contributed by atoms with Crippen molar-refractivity contribution in [2.45, 2.75) is 31.5 Å². The number of fused-ring (bicyclic) bond motifs is 1. The van der Waals surface area contributed by atoms with Crippen LogP contribution >= 0.6 is 0 Å². The van der Waals surface area contributed by atoms with Gasteiger partial charge >= 0.3 is 0 Å². The van der Waals surface area contributed by atoms with Crippen molar-refractivity contribution in [3.8, 4) is 0 Å². The molecule has 19 heavy (non-hydrogen) atoms. The highest BCUT2D eigenvalue weighted by Gasteiger charge is 2.27. The molecular weight excluding hydrogens is 262 g/mol. The summed E-state index contributed by atoms with van der Waals surface area (Å²) < 4.78 is 28.5. The normalized spacial score (nSPS) is 26.8. The van der Waals surface area contributed by atoms with Crippen LogP contribution in [0.2, 0.25) is 0 Å². The van der Waals surface area contributed by atoms with E-state index in [1.165, 1.54) is 11.1 Å². The zero-order valence-electron chi connectivity index (χ0n) is 10.8. The van der Waals surface area contributed by atoms with Gasteiger partial charge in [0, 0.05) is 6.04 Å². The van der Waals surface area contributed by atoms with Crippen LogP contribution in [-0.4, -0.2) is 32.6 Å². The van der Waals surface area contributed by atoms with Crippen LogP contribution < -0.4 is 5.32 Å². The first-order valence-corrected chi connectivity index (χ1v) is 8.58. The fraction of sp³-hybridized carbons (Fsp3) is 0.571. The third kappa shape index (κ3) is 2.99. The van der Waals surface area contributed by atoms with E-state index in [-0.39, 0.29) is 12.1 Å². The van der Waals surface area contributed by atoms with E-state index in [4.69, 9.17) is 4.74 Å². The molecule has 1 atom stereocenters. The molecule has 0 aliphatic carbocycles. The summed E-state index contributed by atoms with van der Waals surface area (Å²) in [7, 11) is -2.79. The van der Waals surface area contributed by atoms with Crippen molar-refractivity contribution >= 4 is 9.84 Å². The van der Waals surface area contributed by atoms with Crippen molar-refractivity contribution in [1.82, 2.24) is 5.32 Å². The van der Waals surface area contributed by atoms with Crippen LogP contribution in [0.4, 0.5) is 0 Å². The summed E-state index contributed by atoms with van der Waals surface area (Å²) in [6.45, 7) is 1.34. The molecule has 2 aliphatic rings. The van der Waals surface area contributed by atoms with Crippen molar-refractivity contribution in [3.63, 3.8) is 0 Å². The minimum atomic E-state index is -2.79. The van der Waals surface area contributed by atoms with Gasteiger partial charge in [0.25, 0.3) is 0 Å². The molecule has 1 fully saturated rings. The molecule has 1 aromatic rings. The van der Waals surface area contributed by atoms with Crippen molar-refractivity contribution < 1.29 is 13.2 Å². The van der Waals surface area contributed by atoms with Gasteiger partial charge in [0.2, 0.25) is 0 Å². The number of ether oxygens (including phenoxy) is 1. The van der Waals surface area contributed by atoms with Crippen molar-refractivity contribution in [2.75, 3.05) is 18.1 Å². The molecular formula is C14H19NO3S. The third-order valence-electron chi connectivity index (χ3n) is 3.96. The Morgan fingerprint density at radius 1 is 1.16 bits per heavy atom. The molecule has 2 aliphatic heterocycles. The first-order valence-electron chi connectivity index (χ1n) is 6.76. The third-order valence-corrected chi connectivity index (χ3v) is 5.68. The average Bonchev–Trinajstić information content (AvgIpc) is 2.42. The lowest BCUT2D eigenvalue weighted by Crippen LogP contribution is -2.42. The standard InChI is InChI=1S/C14H19NO3S/c16-19(17)7-5-12(6-8-19)15-14-10-18-9-11-3-1-2-4-13(11)14/h1-4,12,14-15H,5-10H2. The summed E-state index contributed by atoms with van der Waals surface area (Å²) in [5.74, 6) is 0.611. The Morgan fingerprint density at radius 2 is 1.89 bits per heavy atom. The van der Waals surface area contributed by atoms with E-state index in [0.29, 0.717) is 37.6 Å². The number of hydrogen-bond acceptors (Lipinski definition) is 4. The lowest BCUT2D eigenvalue weighted by atomic mass is 9.97. The fourth-order valence-electron chi connectivity index (χ4n) is 2.86. The highest BCUT2D eigenvalue weighted by molar-refractivity contribution is 7.91. The van der Waals surface area contributed by atoms with E-state index in [1.54, 1.807) is 0 Å². The maximum atomic E-state index is 11.4. The molecule has 1 unspecified atom stereocenters. The van der Waals surface area contributed by atoms with Crippen LogP contribution in [0.5, 0.6) is 0 Å². The summed E-state index contributed by atoms with van der Waals surface area (Å²) in [5.41, 5.74) is 2.52. The van der Waals surface area contributed by atoms with Gasteiger partial charge in [0.05, 0.1) is 30.8 Å². The van der Waals surface area contributed by atoms with Gasteiger partial charge in [-0.15, -0.1) is 0 Å². The maximum Gasteiger partial charge on any atom is 0.150 e. The maximum absolute atomic E-state index is 11.4. The number of sulfone groups is 1. The summed E-state index contributed by atoms with van der Waals surface area (Å²) >= 11 is 0. The quantitative estimate of drug-likeness (QED) is 0.891. The van der Waals surface area contributed by atoms with Crippen LogP contribution in [0, 0.1) is 0 Å². The Bertz CT molecular complexity index is 542. The minimum Gasteiger partial charge on any atom is -0.375 e. The smallest absolute Gasteiger partial charge is 0.150 e. The Morgan fingerprint density at radius 3 is 2.68 bits per heavy atom. The van der Waals surface area contributed by atoms with Gasteiger partial charge in [0.15, 0.2) is 0 Å². The summed E-state index contributed by atoms with van der Waals surface area (Å²) in [6.07, 6.45) is 1.42. The lowest BCUT2D eigenvalue weighted by Gasteiger charge is -2.32. The van der Waals surface area contributed by atoms with Gasteiger partial charge in [0.1, 0.15) is 9.84 Å². The fourth-order valence-corrected chi connectivity index (χ4v) is 4.35. The number of rotatable bonds is 2.